The zero-order valence-corrected chi connectivity index (χ0v) is 71.2. The highest BCUT2D eigenvalue weighted by Gasteiger charge is 2.52. The number of rotatable bonds is 35. The molecule has 5 aromatic carbocycles. The Morgan fingerprint density at radius 1 is 0.331 bits per heavy atom. The third kappa shape index (κ3) is 33.8. The Morgan fingerprint density at radius 2 is 0.554 bits per heavy atom. The average Bonchev–Trinajstić information content (AvgIpc) is 0.648. The molecule has 130 heavy (non-hydrogen) atoms. The maximum absolute atomic E-state index is 13.9. The number of benzene rings is 5. The summed E-state index contributed by atoms with van der Waals surface area (Å²) in [5, 5.41) is 59.0. The van der Waals surface area contributed by atoms with Gasteiger partial charge in [-0.2, -0.15) is 0 Å². The van der Waals surface area contributed by atoms with E-state index in [4.69, 9.17) is 132 Å². The van der Waals surface area contributed by atoms with Crippen LogP contribution in [-0.4, -0.2) is 211 Å². The fraction of sp³-hybridized carbons (Fsp3) is 0.591. The largest absolute Gasteiger partial charge is 0.450 e. The summed E-state index contributed by atoms with van der Waals surface area (Å²) in [4.78, 5) is 69.0. The number of carbonyl (C=O) groups excluding carboxylic acids is 5. The van der Waals surface area contributed by atoms with E-state index in [1.165, 1.54) is 24.3 Å². The van der Waals surface area contributed by atoms with Crippen molar-refractivity contribution in [1.82, 2.24) is 24.5 Å². The van der Waals surface area contributed by atoms with Gasteiger partial charge in [0.25, 0.3) is 0 Å². The van der Waals surface area contributed by atoms with Crippen LogP contribution in [0.4, 0.5) is 0 Å². The predicted octanol–water partition coefficient (Wildman–Crippen LogP) is 16.7. The third-order valence-electron chi connectivity index (χ3n) is 18.7. The highest BCUT2D eigenvalue weighted by Crippen LogP contribution is 2.46. The summed E-state index contributed by atoms with van der Waals surface area (Å²) in [6.07, 6.45) is -55.7. The minimum atomic E-state index is -4.73. The van der Waals surface area contributed by atoms with E-state index < -0.39 is 432 Å². The Kier molecular flexibility index (Phi) is 19.6. The van der Waals surface area contributed by atoms with Gasteiger partial charge in [-0.25, -0.2) is 24.0 Å². The number of esters is 5. The second-order valence-electron chi connectivity index (χ2n) is 26.5. The molecular weight excluding hydrogens is 1630 g/mol. The van der Waals surface area contributed by atoms with Gasteiger partial charge < -0.3 is 49.2 Å². The Hall–Kier alpha value is -9.15. The molecule has 10 rings (SSSR count). The topological polar surface area (TPSA) is 249 Å². The zero-order valence-electron chi connectivity index (χ0n) is 150. The maximum atomic E-state index is 13.9. The van der Waals surface area contributed by atoms with Crippen molar-refractivity contribution < 1.29 is 181 Å². The van der Waals surface area contributed by atoms with E-state index in [-0.39, 0.29) is 10.8 Å². The van der Waals surface area contributed by atoms with Crippen LogP contribution < -0.4 is 0 Å². The van der Waals surface area contributed by atoms with Gasteiger partial charge in [-0.05, 0) is 157 Å². The fourth-order valence-corrected chi connectivity index (χ4v) is 11.9. The van der Waals surface area contributed by atoms with Crippen LogP contribution in [-0.2, 0) is 75.7 Å². The lowest BCUT2D eigenvalue weighted by molar-refractivity contribution is -0.174. The molecule has 5 aliphatic rings. The Balaban J connectivity index is 0.000000394. The summed E-state index contributed by atoms with van der Waals surface area (Å²) < 4.78 is 656. The molecule has 5 N–H and O–H groups in total. The van der Waals surface area contributed by atoms with Crippen LogP contribution in [0.5, 0.6) is 0 Å². The molecule has 0 heterocycles. The van der Waals surface area contributed by atoms with Crippen molar-refractivity contribution in [2.75, 3.05) is 131 Å². The quantitative estimate of drug-likeness (QED) is 0.0144. The van der Waals surface area contributed by atoms with Crippen LogP contribution in [0.3, 0.4) is 0 Å². The molecule has 5 aromatic rings. The first kappa shape index (κ1) is 41.4. The molecule has 0 amide bonds. The predicted molar refractivity (Wildman–Crippen MR) is 517 cm³/mol. The van der Waals surface area contributed by atoms with Gasteiger partial charge in [0.1, 0.15) is 0 Å². The molecule has 5 aliphatic carbocycles. The monoisotopic (exact) mass is 1870 g/mol. The molecule has 20 nitrogen and oxygen atoms in total. The summed E-state index contributed by atoms with van der Waals surface area (Å²) in [5.74, 6) is -2.88. The van der Waals surface area contributed by atoms with Gasteiger partial charge in [-0.3, -0.25) is 24.5 Å². The normalized spacial score (nSPS) is 34.3. The third-order valence-corrected chi connectivity index (χ3v) is 18.7. The summed E-state index contributed by atoms with van der Waals surface area (Å²) in [6.45, 7) is -48.7. The number of carbonyl (C=O) groups is 5. The van der Waals surface area contributed by atoms with Gasteiger partial charge in [0.2, 0.25) is 0 Å². The smallest absolute Gasteiger partial charge is 0.344 e. The Morgan fingerprint density at radius 3 is 0.808 bits per heavy atom. The highest BCUT2D eigenvalue weighted by molar-refractivity contribution is 5.84. The molecule has 0 aliphatic heterocycles. The van der Waals surface area contributed by atoms with Crippen LogP contribution in [0.2, 0.25) is 0 Å². The minimum Gasteiger partial charge on any atom is -0.450 e. The first-order valence-corrected chi connectivity index (χ1v) is 39.6. The van der Waals surface area contributed by atoms with Gasteiger partial charge in [-0.15, -0.1) is 0 Å². The summed E-state index contributed by atoms with van der Waals surface area (Å²) >= 11 is 0. The second kappa shape index (κ2) is 61.5. The lowest BCUT2D eigenvalue weighted by Gasteiger charge is -2.36. The SMILES string of the molecule is [2H]C([2H])(C)N(C([2H])([2H])C)C([2H])([2H])C#CCOC(=O)C(O)(c1ccccc1)C1([2H])C([2H])([2H])C([2H])([2H])C([2H])([2H])C([2H])([2H])C1([2H])[2H].[2H]C([2H])(C)N(C([2H])([2H])C)C([2H])([2H])C#CCOC(=O)C(O)(c1ccccc1)C1CCCCC1.[2H]C([2H])([2H])CN(CC([2H])([2H])[2H])C([2H])([2H])C#CCOC(=O)C(O)(c1ccccc1)C1([2H])C([2H])([2H])C([2H])([2H])C([2H])([2H])C([2H])([2H])C1([2H])[2H].[2H]c1c([2H])c([2H])c(C(O)(C(=O)OCC#CC([2H])([2H])N(CC([2H])([2H])[2H])CC([2H])([2H])[2H])C2([2H])C([2H])([2H])C([2H])([2H])C([2H])([2H])C([2H])([2H])C2([2H])[2H])c([2H])c1[2H].[2H]c1c([2H])c([2H])c(C(O)(C(=O)OCC#CC([2H])([2H])N(CC([2H])([2H])[2H])CC([2H])([2H])[2H])C2CCCCC2)c([2H])c1[2H]. The van der Waals surface area contributed by atoms with Crippen molar-refractivity contribution in [2.45, 2.75) is 257 Å². The molecule has 0 spiro atoms. The fourth-order valence-electron chi connectivity index (χ4n) is 11.9. The van der Waals surface area contributed by atoms with E-state index in [0.29, 0.717) is 63.7 Å². The van der Waals surface area contributed by atoms with Gasteiger partial charge in [0.15, 0.2) is 61.0 Å². The number of nitrogens with zero attached hydrogens (tertiary/aromatic N) is 5. The Bertz CT molecular complexity index is 8080. The first-order valence-electron chi connectivity index (χ1n) is 79.1. The molecule has 5 atom stereocenters. The number of hydrogen-bond donors (Lipinski definition) is 5. The van der Waals surface area contributed by atoms with Crippen LogP contribution in [0, 0.1) is 88.7 Å². The molecule has 0 radical (unpaired) electrons. The average molecular weight is 1870 g/mol. The minimum absolute atomic E-state index is 0.143. The molecule has 0 bridgehead atoms. The molecule has 5 fully saturated rings. The van der Waals surface area contributed by atoms with E-state index in [2.05, 4.69) is 23.7 Å². The van der Waals surface area contributed by atoms with Crippen molar-refractivity contribution in [3.8, 4) is 59.2 Å². The molecule has 5 saturated carbocycles. The Labute approximate surface area is 891 Å². The lowest BCUT2D eigenvalue weighted by atomic mass is 9.73. The molecule has 0 aromatic heterocycles. The summed E-state index contributed by atoms with van der Waals surface area (Å²) in [6, 6.07) is 8.89. The first-order chi connectivity index (χ1) is 92.9. The van der Waals surface area contributed by atoms with Gasteiger partial charge in [-0.1, -0.05) is 375 Å². The van der Waals surface area contributed by atoms with Crippen molar-refractivity contribution in [2.24, 2.45) is 29.5 Å². The number of hydrogen-bond acceptors (Lipinski definition) is 20. The molecule has 0 saturated heterocycles. The number of ether oxygens (including phenoxy) is 5. The van der Waals surface area contributed by atoms with E-state index >= 15 is 0 Å². The van der Waals surface area contributed by atoms with E-state index in [1.54, 1.807) is 36.3 Å². The summed E-state index contributed by atoms with van der Waals surface area (Å²) in [7, 11) is 0. The van der Waals surface area contributed by atoms with E-state index in [0.717, 1.165) is 89.8 Å². The van der Waals surface area contributed by atoms with Gasteiger partial charge in [0.05, 0.1) is 59.9 Å². The van der Waals surface area contributed by atoms with Crippen molar-refractivity contribution in [3.63, 3.8) is 0 Å². The lowest BCUT2D eigenvalue weighted by Crippen LogP contribution is -2.45. The number of aliphatic hydroxyl groups is 5. The van der Waals surface area contributed by atoms with E-state index in [9.17, 15) is 49.5 Å². The van der Waals surface area contributed by atoms with Crippen molar-refractivity contribution >= 4 is 29.8 Å². The van der Waals surface area contributed by atoms with Gasteiger partial charge >= 0.3 is 29.8 Å². The van der Waals surface area contributed by atoms with Crippen molar-refractivity contribution in [3.05, 3.63) is 179 Å². The van der Waals surface area contributed by atoms with Crippen LogP contribution in [0.15, 0.2) is 151 Å². The van der Waals surface area contributed by atoms with Crippen LogP contribution in [0.25, 0.3) is 0 Å². The van der Waals surface area contributed by atoms with E-state index in [1.807, 2.05) is 29.6 Å². The molecule has 710 valence electrons. The molecule has 20 heteroatoms. The highest BCUT2D eigenvalue weighted by atomic mass is 16.6. The maximum Gasteiger partial charge on any atom is 0.344 e. The van der Waals surface area contributed by atoms with Gasteiger partial charge in [0, 0.05) is 110 Å². The molecular formula is C110H155N5O15. The van der Waals surface area contributed by atoms with Crippen molar-refractivity contribution in [1.29, 1.82) is 0 Å². The van der Waals surface area contributed by atoms with Crippen LogP contribution in [0.1, 0.15) is 365 Å². The zero-order chi connectivity index (χ0) is 164. The molecule has 5 unspecified atom stereocenters. The summed E-state index contributed by atoms with van der Waals surface area (Å²) in [5.41, 5.74) is -20.4. The standard InChI is InChI=1S/5C22H31NO3/c5*1-3-23(4-2)17-11-12-18-26-21(24)22(25,19-13-7-5-8-14-19)20-15-9-6-10-16-20/h5*5,7-8,13-14,20,25H,3-4,6,9-10,15-18H2,1-2H3/i1D3,2D3,5D,6D2,7D,8D,9D2,10D2,13D,14D,15D2,16D2,17D2,20D;3D2,4D2,6D2,9D2,10D2,15D2,16D2,17D2,20D;1D3,2D3,6D2,9D2,10D2,15D2,16D2,17D2,20D;1D3,2D3,5D,7D,8D,13D,14D,17D2;3D2,4D2,17D2. The second-order valence-corrected chi connectivity index (χ2v) is 26.5. The van der Waals surface area contributed by atoms with Crippen LogP contribution >= 0.6 is 0 Å².